The van der Waals surface area contributed by atoms with Gasteiger partial charge in [0.25, 0.3) is 5.91 Å². The van der Waals surface area contributed by atoms with Crippen LogP contribution in [0.25, 0.3) is 0 Å². The molecule has 1 aliphatic rings. The summed E-state index contributed by atoms with van der Waals surface area (Å²) in [6.45, 7) is -0.441. The molecule has 0 spiro atoms. The molecule has 0 aliphatic carbocycles. The Morgan fingerprint density at radius 2 is 2.05 bits per heavy atom. The Kier molecular flexibility index (Phi) is 4.70. The number of thioether (sulfide) groups is 1. The largest absolute Gasteiger partial charge is 0.479 e. The SMILES string of the molecule is CSc1cc(C(=O)N2CCC(F)(C(=O)O)C2)c(Cl)cc1Cl. The first-order chi connectivity index (χ1) is 9.78. The summed E-state index contributed by atoms with van der Waals surface area (Å²) < 4.78 is 14.0. The summed E-state index contributed by atoms with van der Waals surface area (Å²) in [6.07, 6.45) is 1.57. The van der Waals surface area contributed by atoms with Gasteiger partial charge in [0.15, 0.2) is 0 Å². The van der Waals surface area contributed by atoms with Gasteiger partial charge in [0.2, 0.25) is 5.67 Å². The van der Waals surface area contributed by atoms with Crippen LogP contribution >= 0.6 is 35.0 Å². The van der Waals surface area contributed by atoms with Crippen molar-refractivity contribution >= 4 is 46.8 Å². The third kappa shape index (κ3) is 3.12. The van der Waals surface area contributed by atoms with Crippen molar-refractivity contribution in [3.8, 4) is 0 Å². The molecule has 1 saturated heterocycles. The third-order valence-electron chi connectivity index (χ3n) is 3.36. The van der Waals surface area contributed by atoms with E-state index in [-0.39, 0.29) is 23.6 Å². The van der Waals surface area contributed by atoms with Gasteiger partial charge in [-0.05, 0) is 18.4 Å². The van der Waals surface area contributed by atoms with Gasteiger partial charge in [-0.2, -0.15) is 0 Å². The predicted octanol–water partition coefficient (Wildman–Crippen LogP) is 3.35. The number of benzene rings is 1. The van der Waals surface area contributed by atoms with Crippen LogP contribution in [0.5, 0.6) is 0 Å². The maximum absolute atomic E-state index is 14.0. The van der Waals surface area contributed by atoms with Crippen LogP contribution in [0.2, 0.25) is 10.0 Å². The number of likely N-dealkylation sites (tertiary alicyclic amines) is 1. The van der Waals surface area contributed by atoms with Crippen LogP contribution in [0.3, 0.4) is 0 Å². The summed E-state index contributed by atoms with van der Waals surface area (Å²) in [5.41, 5.74) is -2.20. The number of carbonyl (C=O) groups is 2. The monoisotopic (exact) mass is 351 g/mol. The van der Waals surface area contributed by atoms with Gasteiger partial charge in [-0.15, -0.1) is 11.8 Å². The Bertz CT molecular complexity index is 613. The van der Waals surface area contributed by atoms with E-state index in [1.807, 2.05) is 0 Å². The Labute approximate surface area is 135 Å². The molecule has 1 heterocycles. The molecule has 1 fully saturated rings. The third-order valence-corrected chi connectivity index (χ3v) is 4.88. The van der Waals surface area contributed by atoms with Crippen LogP contribution in [0, 0.1) is 0 Å². The van der Waals surface area contributed by atoms with E-state index in [0.717, 1.165) is 4.90 Å². The van der Waals surface area contributed by atoms with E-state index in [1.54, 1.807) is 6.26 Å². The van der Waals surface area contributed by atoms with Crippen molar-refractivity contribution in [1.29, 1.82) is 0 Å². The number of halogens is 3. The molecule has 2 rings (SSSR count). The number of alkyl halides is 1. The number of rotatable bonds is 3. The fourth-order valence-electron chi connectivity index (χ4n) is 2.14. The second kappa shape index (κ2) is 6.02. The molecule has 114 valence electrons. The predicted molar refractivity (Wildman–Crippen MR) is 80.2 cm³/mol. The lowest BCUT2D eigenvalue weighted by atomic mass is 10.1. The van der Waals surface area contributed by atoms with Crippen LogP contribution in [0.4, 0.5) is 4.39 Å². The molecule has 0 radical (unpaired) electrons. The molecule has 1 aliphatic heterocycles. The van der Waals surface area contributed by atoms with Gasteiger partial charge in [0, 0.05) is 17.9 Å². The highest BCUT2D eigenvalue weighted by Gasteiger charge is 2.47. The van der Waals surface area contributed by atoms with Crippen LogP contribution in [0.1, 0.15) is 16.8 Å². The molecule has 1 atom stereocenters. The Morgan fingerprint density at radius 3 is 2.57 bits per heavy atom. The number of hydrogen-bond acceptors (Lipinski definition) is 3. The van der Waals surface area contributed by atoms with Crippen molar-refractivity contribution in [2.24, 2.45) is 0 Å². The van der Waals surface area contributed by atoms with E-state index in [2.05, 4.69) is 0 Å². The first-order valence-corrected chi connectivity index (χ1v) is 8.01. The average Bonchev–Trinajstić information content (AvgIpc) is 2.82. The lowest BCUT2D eigenvalue weighted by molar-refractivity contribution is -0.149. The van der Waals surface area contributed by atoms with Crippen molar-refractivity contribution in [1.82, 2.24) is 4.90 Å². The molecule has 0 aromatic heterocycles. The van der Waals surface area contributed by atoms with Crippen LogP contribution in [-0.4, -0.2) is 46.9 Å². The molecule has 1 aromatic carbocycles. The van der Waals surface area contributed by atoms with Crippen molar-refractivity contribution in [3.05, 3.63) is 27.7 Å². The second-order valence-corrected chi connectivity index (χ2v) is 6.38. The molecular formula is C13H12Cl2FNO3S. The van der Waals surface area contributed by atoms with Crippen LogP contribution in [0.15, 0.2) is 17.0 Å². The van der Waals surface area contributed by atoms with Gasteiger partial charge in [-0.3, -0.25) is 4.79 Å². The topological polar surface area (TPSA) is 57.6 Å². The quantitative estimate of drug-likeness (QED) is 0.848. The number of carboxylic acid groups (broad SMARTS) is 1. The second-order valence-electron chi connectivity index (χ2n) is 4.71. The summed E-state index contributed by atoms with van der Waals surface area (Å²) in [5, 5.41) is 9.44. The number of hydrogen-bond donors (Lipinski definition) is 1. The highest BCUT2D eigenvalue weighted by molar-refractivity contribution is 7.98. The lowest BCUT2D eigenvalue weighted by Gasteiger charge is -2.19. The molecule has 0 bridgehead atoms. The van der Waals surface area contributed by atoms with E-state index < -0.39 is 24.1 Å². The minimum Gasteiger partial charge on any atom is -0.479 e. The van der Waals surface area contributed by atoms with Gasteiger partial charge in [0.05, 0.1) is 22.2 Å². The zero-order valence-corrected chi connectivity index (χ0v) is 13.4. The molecule has 21 heavy (non-hydrogen) atoms. The molecule has 1 N–H and O–H groups in total. The van der Waals surface area contributed by atoms with Gasteiger partial charge >= 0.3 is 5.97 Å². The van der Waals surface area contributed by atoms with Crippen molar-refractivity contribution in [2.75, 3.05) is 19.3 Å². The maximum Gasteiger partial charge on any atom is 0.343 e. The lowest BCUT2D eigenvalue weighted by Crippen LogP contribution is -2.39. The first kappa shape index (κ1) is 16.4. The summed E-state index contributed by atoms with van der Waals surface area (Å²) in [6, 6.07) is 2.99. The van der Waals surface area contributed by atoms with Crippen LogP contribution in [-0.2, 0) is 4.79 Å². The highest BCUT2D eigenvalue weighted by atomic mass is 35.5. The standard InChI is InChI=1S/C13H12Cl2FNO3S/c1-21-10-4-7(8(14)5-9(10)15)11(18)17-3-2-13(16,6-17)12(19)20/h4-5H,2-3,6H2,1H3,(H,19,20). The molecule has 1 unspecified atom stereocenters. The molecule has 0 saturated carbocycles. The van der Waals surface area contributed by atoms with E-state index >= 15 is 0 Å². The number of nitrogens with zero attached hydrogens (tertiary/aromatic N) is 1. The number of carbonyl (C=O) groups excluding carboxylic acids is 1. The summed E-state index contributed by atoms with van der Waals surface area (Å²) in [7, 11) is 0. The number of amides is 1. The first-order valence-electron chi connectivity index (χ1n) is 6.03. The maximum atomic E-state index is 14.0. The zero-order chi connectivity index (χ0) is 15.8. The molecule has 1 amide bonds. The summed E-state index contributed by atoms with van der Waals surface area (Å²) >= 11 is 13.4. The molecular weight excluding hydrogens is 340 g/mol. The van der Waals surface area contributed by atoms with Crippen LogP contribution < -0.4 is 0 Å². The smallest absolute Gasteiger partial charge is 0.343 e. The van der Waals surface area contributed by atoms with E-state index in [1.165, 1.54) is 23.9 Å². The van der Waals surface area contributed by atoms with Gasteiger partial charge in [-0.25, -0.2) is 9.18 Å². The van der Waals surface area contributed by atoms with Crippen molar-refractivity contribution in [2.45, 2.75) is 17.0 Å². The minimum absolute atomic E-state index is 0.0369. The summed E-state index contributed by atoms with van der Waals surface area (Å²) in [4.78, 5) is 25.1. The number of aliphatic carboxylic acids is 1. The summed E-state index contributed by atoms with van der Waals surface area (Å²) in [5.74, 6) is -2.04. The Balaban J connectivity index is 2.28. The van der Waals surface area contributed by atoms with Gasteiger partial charge in [-0.1, -0.05) is 23.2 Å². The minimum atomic E-state index is -2.39. The highest BCUT2D eigenvalue weighted by Crippen LogP contribution is 2.33. The van der Waals surface area contributed by atoms with E-state index in [0.29, 0.717) is 9.92 Å². The van der Waals surface area contributed by atoms with Gasteiger partial charge < -0.3 is 10.0 Å². The normalized spacial score (nSPS) is 21.6. The fourth-order valence-corrected chi connectivity index (χ4v) is 3.33. The fraction of sp³-hybridized carbons (Fsp3) is 0.385. The Morgan fingerprint density at radius 1 is 1.38 bits per heavy atom. The molecule has 1 aromatic rings. The van der Waals surface area contributed by atoms with Crippen molar-refractivity contribution < 1.29 is 19.1 Å². The average molecular weight is 352 g/mol. The molecule has 4 nitrogen and oxygen atoms in total. The van der Waals surface area contributed by atoms with E-state index in [9.17, 15) is 14.0 Å². The van der Waals surface area contributed by atoms with E-state index in [4.69, 9.17) is 28.3 Å². The Hall–Kier alpha value is -0.980. The number of carboxylic acids is 1. The zero-order valence-electron chi connectivity index (χ0n) is 11.0. The van der Waals surface area contributed by atoms with Gasteiger partial charge in [0.1, 0.15) is 0 Å². The van der Waals surface area contributed by atoms with Crippen molar-refractivity contribution in [3.63, 3.8) is 0 Å². The molecule has 8 heteroatoms.